The zero-order valence-corrected chi connectivity index (χ0v) is 8.48. The summed E-state index contributed by atoms with van der Waals surface area (Å²) < 4.78 is 36.4. The molecule has 3 nitrogen and oxygen atoms in total. The smallest absolute Gasteiger partial charge is 0.273 e. The maximum absolute atomic E-state index is 12.1. The zero-order valence-electron chi connectivity index (χ0n) is 8.48. The molecule has 1 unspecified atom stereocenters. The Kier molecular flexibility index (Phi) is 4.90. The number of hydrogen-bond acceptors (Lipinski definition) is 2. The first-order chi connectivity index (χ1) is 6.46. The van der Waals surface area contributed by atoms with Crippen molar-refractivity contribution in [2.24, 2.45) is 0 Å². The summed E-state index contributed by atoms with van der Waals surface area (Å²) in [5.41, 5.74) is 2.23. The van der Waals surface area contributed by atoms with Crippen LogP contribution in [-0.4, -0.2) is 30.2 Å². The van der Waals surface area contributed by atoms with Crippen molar-refractivity contribution in [1.29, 1.82) is 0 Å². The van der Waals surface area contributed by atoms with E-state index in [9.17, 15) is 18.0 Å². The lowest BCUT2D eigenvalue weighted by Gasteiger charge is -2.25. The van der Waals surface area contributed by atoms with Crippen LogP contribution in [-0.2, 0) is 4.79 Å². The molecule has 0 spiro atoms. The molecule has 6 heteroatoms. The van der Waals surface area contributed by atoms with Gasteiger partial charge in [-0.1, -0.05) is 13.8 Å². The maximum Gasteiger partial charge on any atom is 0.410 e. The third kappa shape index (κ3) is 2.87. The zero-order chi connectivity index (χ0) is 11.4. The van der Waals surface area contributed by atoms with E-state index in [1.807, 2.05) is 13.8 Å². The molecule has 0 aromatic carbocycles. The highest BCUT2D eigenvalue weighted by Gasteiger charge is 2.48. The summed E-state index contributed by atoms with van der Waals surface area (Å²) >= 11 is 0. The van der Waals surface area contributed by atoms with Crippen molar-refractivity contribution in [3.63, 3.8) is 0 Å². The molecule has 1 heterocycles. The first-order valence-electron chi connectivity index (χ1n) is 4.53. The van der Waals surface area contributed by atoms with Gasteiger partial charge < -0.3 is 0 Å². The average molecular weight is 212 g/mol. The van der Waals surface area contributed by atoms with Gasteiger partial charge in [0, 0.05) is 13.5 Å². The Hall–Kier alpha value is -0.780. The topological polar surface area (TPSA) is 32.3 Å². The van der Waals surface area contributed by atoms with Gasteiger partial charge in [0.15, 0.2) is 0 Å². The van der Waals surface area contributed by atoms with Crippen molar-refractivity contribution >= 4 is 5.91 Å². The highest BCUT2D eigenvalue weighted by atomic mass is 19.4. The minimum Gasteiger partial charge on any atom is -0.273 e. The van der Waals surface area contributed by atoms with Crippen LogP contribution in [0.3, 0.4) is 0 Å². The van der Waals surface area contributed by atoms with Gasteiger partial charge in [0.2, 0.25) is 5.91 Å². The van der Waals surface area contributed by atoms with Crippen molar-refractivity contribution in [2.45, 2.75) is 38.9 Å². The van der Waals surface area contributed by atoms with Gasteiger partial charge in [0.05, 0.1) is 0 Å². The summed E-state index contributed by atoms with van der Waals surface area (Å²) in [5.74, 6) is -0.500. The molecule has 1 N–H and O–H groups in total. The Balaban J connectivity index is 0.000000791. The molecule has 0 radical (unpaired) electrons. The van der Waals surface area contributed by atoms with Crippen LogP contribution in [0.15, 0.2) is 0 Å². The number of nitrogens with zero attached hydrogens (tertiary/aromatic N) is 1. The molecule has 0 aromatic rings. The van der Waals surface area contributed by atoms with Gasteiger partial charge in [-0.15, -0.1) is 0 Å². The van der Waals surface area contributed by atoms with Crippen molar-refractivity contribution in [3.8, 4) is 0 Å². The van der Waals surface area contributed by atoms with Gasteiger partial charge in [-0.05, 0) is 6.42 Å². The van der Waals surface area contributed by atoms with Crippen molar-refractivity contribution in [3.05, 3.63) is 0 Å². The quantitative estimate of drug-likeness (QED) is 0.717. The molecule has 1 aliphatic heterocycles. The number of carbonyl (C=O) groups excluding carboxylic acids is 1. The summed E-state index contributed by atoms with van der Waals surface area (Å²) in [6, 6.07) is -1.66. The van der Waals surface area contributed by atoms with E-state index in [2.05, 4.69) is 5.43 Å². The third-order valence-electron chi connectivity index (χ3n) is 1.83. The Morgan fingerprint density at radius 3 is 2.21 bits per heavy atom. The highest BCUT2D eigenvalue weighted by Crippen LogP contribution is 2.31. The summed E-state index contributed by atoms with van der Waals surface area (Å²) in [4.78, 5) is 10.8. The normalized spacial score (nSPS) is 22.0. The van der Waals surface area contributed by atoms with E-state index in [1.54, 1.807) is 0 Å². The van der Waals surface area contributed by atoms with Gasteiger partial charge in [0.25, 0.3) is 0 Å². The van der Waals surface area contributed by atoms with Gasteiger partial charge in [-0.25, -0.2) is 5.43 Å². The number of nitrogens with one attached hydrogen (secondary N) is 1. The van der Waals surface area contributed by atoms with Crippen molar-refractivity contribution in [1.82, 2.24) is 10.4 Å². The molecule has 1 saturated heterocycles. The summed E-state index contributed by atoms with van der Waals surface area (Å²) in [6.07, 6.45) is -4.51. The van der Waals surface area contributed by atoms with E-state index < -0.39 is 18.1 Å². The van der Waals surface area contributed by atoms with Gasteiger partial charge in [0.1, 0.15) is 6.04 Å². The molecule has 1 amide bonds. The van der Waals surface area contributed by atoms with Crippen LogP contribution in [0.1, 0.15) is 26.7 Å². The fourth-order valence-electron chi connectivity index (χ4n) is 1.27. The second-order valence-corrected chi connectivity index (χ2v) is 2.58. The van der Waals surface area contributed by atoms with Crippen LogP contribution in [0.5, 0.6) is 0 Å². The fourth-order valence-corrected chi connectivity index (χ4v) is 1.27. The number of rotatable bonds is 1. The van der Waals surface area contributed by atoms with Crippen LogP contribution in [0, 0.1) is 0 Å². The molecule has 0 bridgehead atoms. The predicted molar refractivity (Wildman–Crippen MR) is 46.3 cm³/mol. The Morgan fingerprint density at radius 2 is 1.93 bits per heavy atom. The molecular weight excluding hydrogens is 197 g/mol. The van der Waals surface area contributed by atoms with Gasteiger partial charge >= 0.3 is 6.18 Å². The van der Waals surface area contributed by atoms with Gasteiger partial charge in [-0.3, -0.25) is 9.80 Å². The molecule has 0 aromatic heterocycles. The largest absolute Gasteiger partial charge is 0.410 e. The Bertz CT molecular complexity index is 194. The van der Waals surface area contributed by atoms with Crippen molar-refractivity contribution < 1.29 is 18.0 Å². The number of hydrogen-bond donors (Lipinski definition) is 1. The number of carbonyl (C=O) groups is 1. The van der Waals surface area contributed by atoms with E-state index in [4.69, 9.17) is 0 Å². The molecule has 14 heavy (non-hydrogen) atoms. The number of hydrazine groups is 1. The lowest BCUT2D eigenvalue weighted by atomic mass is 10.2. The van der Waals surface area contributed by atoms with Crippen LogP contribution in [0.25, 0.3) is 0 Å². The summed E-state index contributed by atoms with van der Waals surface area (Å²) in [7, 11) is 1.31. The number of amides is 1. The summed E-state index contributed by atoms with van der Waals surface area (Å²) in [6.45, 7) is 4.00. The first kappa shape index (κ1) is 13.2. The monoisotopic (exact) mass is 212 g/mol. The van der Waals surface area contributed by atoms with E-state index in [0.717, 1.165) is 0 Å². The van der Waals surface area contributed by atoms with Gasteiger partial charge in [-0.2, -0.15) is 13.2 Å². The number of halogens is 3. The molecule has 0 saturated carbocycles. The van der Waals surface area contributed by atoms with E-state index in [0.29, 0.717) is 5.01 Å². The summed E-state index contributed by atoms with van der Waals surface area (Å²) in [5, 5.41) is 0.639. The first-order valence-corrected chi connectivity index (χ1v) is 4.53. The SMILES string of the molecule is CC.CNN1C(=O)CCC1C(F)(F)F. The second kappa shape index (κ2) is 5.19. The predicted octanol–water partition coefficient (Wildman–Crippen LogP) is 1.70. The Morgan fingerprint density at radius 1 is 1.43 bits per heavy atom. The second-order valence-electron chi connectivity index (χ2n) is 2.58. The van der Waals surface area contributed by atoms with Crippen LogP contribution in [0.4, 0.5) is 13.2 Å². The molecule has 1 aliphatic rings. The fraction of sp³-hybridized carbons (Fsp3) is 0.875. The minimum atomic E-state index is -4.32. The van der Waals surface area contributed by atoms with Crippen molar-refractivity contribution in [2.75, 3.05) is 7.05 Å². The van der Waals surface area contributed by atoms with Crippen LogP contribution in [0.2, 0.25) is 0 Å². The minimum absolute atomic E-state index is 0.0367. The van der Waals surface area contributed by atoms with E-state index >= 15 is 0 Å². The lowest BCUT2D eigenvalue weighted by molar-refractivity contribution is -0.186. The maximum atomic E-state index is 12.1. The van der Waals surface area contributed by atoms with Crippen LogP contribution >= 0.6 is 0 Å². The molecule has 0 aliphatic carbocycles. The van der Waals surface area contributed by atoms with Crippen LogP contribution < -0.4 is 5.43 Å². The average Bonchev–Trinajstić information content (AvgIpc) is 2.49. The highest BCUT2D eigenvalue weighted by molar-refractivity contribution is 5.78. The molecule has 1 rings (SSSR count). The molecule has 84 valence electrons. The molecule has 1 atom stereocenters. The lowest BCUT2D eigenvalue weighted by Crippen LogP contribution is -2.49. The standard InChI is InChI=1S/C6H9F3N2O.C2H6/c1-10-11-4(6(7,8)9)2-3-5(11)12;1-2/h4,10H,2-3H2,1H3;1-2H3. The number of alkyl halides is 3. The van der Waals surface area contributed by atoms with E-state index in [1.165, 1.54) is 7.05 Å². The Labute approximate surface area is 81.2 Å². The molecular formula is C8H15F3N2O. The third-order valence-corrected chi connectivity index (χ3v) is 1.83. The molecule has 1 fully saturated rings. The van der Waals surface area contributed by atoms with E-state index in [-0.39, 0.29) is 12.8 Å².